The number of nitrogens with zero attached hydrogens (tertiary/aromatic N) is 2. The van der Waals surface area contributed by atoms with Crippen molar-refractivity contribution in [3.05, 3.63) is 29.6 Å². The molecule has 0 spiro atoms. The standard InChI is InChI=1S/C19H23N3O/c1-11-12(2)21-18-10-16(5-6-17(18)20-11)22-19(23)9-15-8-13-3-4-14(15)7-13/h5-6,10,13-15H,3-4,7-9H2,1-2H3,(H,22,23). The summed E-state index contributed by atoms with van der Waals surface area (Å²) in [4.78, 5) is 21.4. The van der Waals surface area contributed by atoms with Crippen LogP contribution in [0.25, 0.3) is 11.0 Å². The van der Waals surface area contributed by atoms with Crippen molar-refractivity contribution in [3.63, 3.8) is 0 Å². The van der Waals surface area contributed by atoms with E-state index in [1.54, 1.807) is 0 Å². The first-order chi connectivity index (χ1) is 11.1. The van der Waals surface area contributed by atoms with Gasteiger partial charge in [0.25, 0.3) is 0 Å². The van der Waals surface area contributed by atoms with Gasteiger partial charge in [-0.2, -0.15) is 0 Å². The number of rotatable bonds is 3. The summed E-state index contributed by atoms with van der Waals surface area (Å²) >= 11 is 0. The van der Waals surface area contributed by atoms with Gasteiger partial charge in [0.2, 0.25) is 5.91 Å². The fraction of sp³-hybridized carbons (Fsp3) is 0.526. The fourth-order valence-electron chi connectivity index (χ4n) is 4.39. The lowest BCUT2D eigenvalue weighted by Gasteiger charge is -2.20. The van der Waals surface area contributed by atoms with Gasteiger partial charge < -0.3 is 5.32 Å². The molecule has 3 atom stereocenters. The Morgan fingerprint density at radius 1 is 1.13 bits per heavy atom. The Hall–Kier alpha value is -1.97. The van der Waals surface area contributed by atoms with E-state index in [0.717, 1.165) is 39.9 Å². The van der Waals surface area contributed by atoms with E-state index in [9.17, 15) is 4.79 Å². The van der Waals surface area contributed by atoms with E-state index in [2.05, 4.69) is 15.3 Å². The van der Waals surface area contributed by atoms with E-state index in [1.807, 2.05) is 32.0 Å². The summed E-state index contributed by atoms with van der Waals surface area (Å²) < 4.78 is 0. The maximum atomic E-state index is 12.4. The van der Waals surface area contributed by atoms with E-state index >= 15 is 0 Å². The van der Waals surface area contributed by atoms with Crippen molar-refractivity contribution >= 4 is 22.6 Å². The van der Waals surface area contributed by atoms with Crippen LogP contribution in [-0.4, -0.2) is 15.9 Å². The van der Waals surface area contributed by atoms with E-state index in [1.165, 1.54) is 25.7 Å². The van der Waals surface area contributed by atoms with Crippen LogP contribution in [0.3, 0.4) is 0 Å². The van der Waals surface area contributed by atoms with Gasteiger partial charge in [0.15, 0.2) is 0 Å². The van der Waals surface area contributed by atoms with Crippen molar-refractivity contribution in [2.45, 2.75) is 46.0 Å². The molecule has 4 nitrogen and oxygen atoms in total. The highest BCUT2D eigenvalue weighted by Gasteiger charge is 2.40. The second-order valence-corrected chi connectivity index (χ2v) is 7.29. The SMILES string of the molecule is Cc1nc2ccc(NC(=O)CC3CC4CCC3C4)cc2nc1C. The summed E-state index contributed by atoms with van der Waals surface area (Å²) in [5, 5.41) is 3.05. The smallest absolute Gasteiger partial charge is 0.224 e. The van der Waals surface area contributed by atoms with Crippen LogP contribution in [-0.2, 0) is 4.79 Å². The Morgan fingerprint density at radius 2 is 1.91 bits per heavy atom. The number of fused-ring (bicyclic) bond motifs is 3. The first-order valence-electron chi connectivity index (χ1n) is 8.63. The molecule has 2 fully saturated rings. The van der Waals surface area contributed by atoms with Crippen molar-refractivity contribution < 1.29 is 4.79 Å². The number of anilines is 1. The Kier molecular flexibility index (Phi) is 3.55. The predicted octanol–water partition coefficient (Wildman–Crippen LogP) is 4.01. The molecule has 4 heteroatoms. The van der Waals surface area contributed by atoms with Crippen molar-refractivity contribution in [1.29, 1.82) is 0 Å². The van der Waals surface area contributed by atoms with Crippen LogP contribution >= 0.6 is 0 Å². The topological polar surface area (TPSA) is 54.9 Å². The maximum absolute atomic E-state index is 12.4. The zero-order chi connectivity index (χ0) is 16.0. The lowest BCUT2D eigenvalue weighted by molar-refractivity contribution is -0.117. The number of benzene rings is 1. The highest BCUT2D eigenvalue weighted by Crippen LogP contribution is 2.49. The van der Waals surface area contributed by atoms with Crippen molar-refractivity contribution in [2.75, 3.05) is 5.32 Å². The minimum absolute atomic E-state index is 0.138. The quantitative estimate of drug-likeness (QED) is 0.932. The van der Waals surface area contributed by atoms with Crippen LogP contribution in [0.5, 0.6) is 0 Å². The molecule has 2 bridgehead atoms. The van der Waals surface area contributed by atoms with E-state index in [4.69, 9.17) is 0 Å². The summed E-state index contributed by atoms with van der Waals surface area (Å²) in [5.41, 5.74) is 4.42. The predicted molar refractivity (Wildman–Crippen MR) is 91.2 cm³/mol. The third kappa shape index (κ3) is 2.82. The molecule has 4 rings (SSSR count). The second-order valence-electron chi connectivity index (χ2n) is 7.29. The summed E-state index contributed by atoms with van der Waals surface area (Å²) in [6, 6.07) is 5.78. The summed E-state index contributed by atoms with van der Waals surface area (Å²) in [6.45, 7) is 3.93. The Balaban J connectivity index is 1.46. The number of aryl methyl sites for hydroxylation is 2. The zero-order valence-electron chi connectivity index (χ0n) is 13.8. The van der Waals surface area contributed by atoms with Gasteiger partial charge in [0.1, 0.15) is 0 Å². The van der Waals surface area contributed by atoms with Gasteiger partial charge in [-0.25, -0.2) is 9.97 Å². The average molecular weight is 309 g/mol. The number of hydrogen-bond donors (Lipinski definition) is 1. The van der Waals surface area contributed by atoms with Crippen LogP contribution in [0.1, 0.15) is 43.5 Å². The highest BCUT2D eigenvalue weighted by atomic mass is 16.1. The van der Waals surface area contributed by atoms with E-state index in [0.29, 0.717) is 12.3 Å². The van der Waals surface area contributed by atoms with Gasteiger partial charge in [-0.05, 0) is 69.1 Å². The molecular weight excluding hydrogens is 286 g/mol. The minimum Gasteiger partial charge on any atom is -0.326 e. The largest absolute Gasteiger partial charge is 0.326 e. The van der Waals surface area contributed by atoms with Crippen LogP contribution < -0.4 is 5.32 Å². The number of nitrogens with one attached hydrogen (secondary N) is 1. The van der Waals surface area contributed by atoms with Gasteiger partial charge in [-0.1, -0.05) is 6.42 Å². The number of carbonyl (C=O) groups excluding carboxylic acids is 1. The summed E-state index contributed by atoms with van der Waals surface area (Å²) in [7, 11) is 0. The molecule has 3 unspecified atom stereocenters. The number of aromatic nitrogens is 2. The third-order valence-corrected chi connectivity index (χ3v) is 5.69. The Morgan fingerprint density at radius 3 is 2.61 bits per heavy atom. The molecule has 0 saturated heterocycles. The molecule has 23 heavy (non-hydrogen) atoms. The van der Waals surface area contributed by atoms with Gasteiger partial charge in [-0.3, -0.25) is 4.79 Å². The molecule has 2 aliphatic rings. The molecule has 2 saturated carbocycles. The van der Waals surface area contributed by atoms with Crippen LogP contribution in [0.15, 0.2) is 18.2 Å². The fourth-order valence-corrected chi connectivity index (χ4v) is 4.39. The maximum Gasteiger partial charge on any atom is 0.224 e. The van der Waals surface area contributed by atoms with Gasteiger partial charge in [-0.15, -0.1) is 0 Å². The summed E-state index contributed by atoms with van der Waals surface area (Å²) in [6.07, 6.45) is 5.97. The molecule has 1 N–H and O–H groups in total. The first kappa shape index (κ1) is 14.6. The lowest BCUT2D eigenvalue weighted by Crippen LogP contribution is -2.20. The number of amides is 1. The zero-order valence-corrected chi connectivity index (χ0v) is 13.8. The number of carbonyl (C=O) groups is 1. The highest BCUT2D eigenvalue weighted by molar-refractivity contribution is 5.93. The molecule has 0 radical (unpaired) electrons. The number of hydrogen-bond acceptors (Lipinski definition) is 3. The first-order valence-corrected chi connectivity index (χ1v) is 8.63. The van der Waals surface area contributed by atoms with Gasteiger partial charge >= 0.3 is 0 Å². The minimum atomic E-state index is 0.138. The Labute approximate surface area is 136 Å². The molecule has 0 aliphatic heterocycles. The van der Waals surface area contributed by atoms with Crippen LogP contribution in [0.2, 0.25) is 0 Å². The third-order valence-electron chi connectivity index (χ3n) is 5.69. The molecule has 2 aromatic rings. The van der Waals surface area contributed by atoms with Crippen LogP contribution in [0, 0.1) is 31.6 Å². The summed E-state index contributed by atoms with van der Waals surface area (Å²) in [5.74, 6) is 2.41. The van der Waals surface area contributed by atoms with Gasteiger partial charge in [0, 0.05) is 12.1 Å². The Bertz CT molecular complexity index is 771. The second kappa shape index (κ2) is 5.59. The molecule has 1 aromatic carbocycles. The molecule has 2 aliphatic carbocycles. The van der Waals surface area contributed by atoms with E-state index < -0.39 is 0 Å². The van der Waals surface area contributed by atoms with Crippen LogP contribution in [0.4, 0.5) is 5.69 Å². The molecule has 1 aromatic heterocycles. The molecule has 1 amide bonds. The molecule has 1 heterocycles. The monoisotopic (exact) mass is 309 g/mol. The lowest BCUT2D eigenvalue weighted by atomic mass is 9.86. The molecular formula is C19H23N3O. The normalized spacial score (nSPS) is 25.9. The van der Waals surface area contributed by atoms with Crippen molar-refractivity contribution in [1.82, 2.24) is 9.97 Å². The molecule has 120 valence electrons. The van der Waals surface area contributed by atoms with Crippen molar-refractivity contribution in [2.24, 2.45) is 17.8 Å². The van der Waals surface area contributed by atoms with Gasteiger partial charge in [0.05, 0.1) is 22.4 Å². The van der Waals surface area contributed by atoms with E-state index in [-0.39, 0.29) is 5.91 Å². The van der Waals surface area contributed by atoms with Crippen molar-refractivity contribution in [3.8, 4) is 0 Å². The average Bonchev–Trinajstić information content (AvgIpc) is 3.11.